The normalized spacial score (nSPS) is 23.3. The van der Waals surface area contributed by atoms with Crippen molar-refractivity contribution in [3.05, 3.63) is 35.9 Å². The quantitative estimate of drug-likeness (QED) is 0.715. The lowest BCUT2D eigenvalue weighted by Gasteiger charge is -2.49. The molecule has 2 fully saturated rings. The van der Waals surface area contributed by atoms with E-state index >= 15 is 0 Å². The molecule has 2 aliphatic rings. The van der Waals surface area contributed by atoms with Crippen LogP contribution in [0.5, 0.6) is 0 Å². The van der Waals surface area contributed by atoms with Crippen LogP contribution in [0.25, 0.3) is 0 Å². The van der Waals surface area contributed by atoms with E-state index in [4.69, 9.17) is 9.47 Å². The van der Waals surface area contributed by atoms with E-state index < -0.39 is 35.1 Å². The molecule has 1 aromatic carbocycles. The van der Waals surface area contributed by atoms with Crippen molar-refractivity contribution in [3.63, 3.8) is 0 Å². The van der Waals surface area contributed by atoms with Gasteiger partial charge in [-0.3, -0.25) is 4.90 Å². The second-order valence-electron chi connectivity index (χ2n) is 9.36. The van der Waals surface area contributed by atoms with E-state index in [-0.39, 0.29) is 45.5 Å². The average molecular weight is 458 g/mol. The number of nitrogens with zero attached hydrogens (tertiary/aromatic N) is 2. The van der Waals surface area contributed by atoms with Crippen molar-refractivity contribution >= 4 is 12.2 Å². The van der Waals surface area contributed by atoms with Crippen LogP contribution in [0.3, 0.4) is 0 Å². The Morgan fingerprint density at radius 3 is 2.09 bits per heavy atom. The molecule has 10 heteroatoms. The predicted octanol–water partition coefficient (Wildman–Crippen LogP) is 4.30. The van der Waals surface area contributed by atoms with Gasteiger partial charge in [0.25, 0.3) is 0 Å². The number of carbonyl (C=O) groups is 2. The van der Waals surface area contributed by atoms with Crippen LogP contribution in [-0.2, 0) is 16.1 Å². The standard InChI is InChI=1S/C22H29F3N2O5/c1-19(2,3)32-17(28)26-12-9-20(10-13-26)11-14-27(21(20,30)22(23,24)25)18(29)31-15-16-7-5-4-6-8-16/h4-8,30H,9-15H2,1-3H3. The van der Waals surface area contributed by atoms with Crippen molar-refractivity contribution in [2.45, 2.75) is 64.1 Å². The van der Waals surface area contributed by atoms with E-state index in [1.54, 1.807) is 51.1 Å². The van der Waals surface area contributed by atoms with Gasteiger partial charge in [0.05, 0.1) is 0 Å². The molecule has 32 heavy (non-hydrogen) atoms. The lowest BCUT2D eigenvalue weighted by Crippen LogP contribution is -2.66. The van der Waals surface area contributed by atoms with Crippen molar-refractivity contribution in [1.29, 1.82) is 0 Å². The highest BCUT2D eigenvalue weighted by Gasteiger charge is 2.74. The molecule has 0 aliphatic carbocycles. The molecular weight excluding hydrogens is 429 g/mol. The van der Waals surface area contributed by atoms with Crippen LogP contribution in [-0.4, -0.2) is 64.2 Å². The van der Waals surface area contributed by atoms with Crippen LogP contribution in [0.1, 0.15) is 45.6 Å². The third-order valence-electron chi connectivity index (χ3n) is 6.14. The van der Waals surface area contributed by atoms with E-state index in [2.05, 4.69) is 0 Å². The highest BCUT2D eigenvalue weighted by Crippen LogP contribution is 2.57. The Labute approximate surface area is 185 Å². The smallest absolute Gasteiger partial charge is 0.437 e. The Morgan fingerprint density at radius 1 is 1.00 bits per heavy atom. The number of ether oxygens (including phenoxy) is 2. The zero-order chi connectivity index (χ0) is 23.8. The fraction of sp³-hybridized carbons (Fsp3) is 0.636. The maximum atomic E-state index is 14.2. The van der Waals surface area contributed by atoms with Crippen molar-refractivity contribution in [2.75, 3.05) is 19.6 Å². The third kappa shape index (κ3) is 4.51. The van der Waals surface area contributed by atoms with Crippen LogP contribution >= 0.6 is 0 Å². The molecule has 2 aliphatic heterocycles. The van der Waals surface area contributed by atoms with Gasteiger partial charge in [0.15, 0.2) is 0 Å². The fourth-order valence-corrected chi connectivity index (χ4v) is 4.46. The van der Waals surface area contributed by atoms with Gasteiger partial charge in [-0.15, -0.1) is 0 Å². The molecular formula is C22H29F3N2O5. The number of piperidine rings is 1. The summed E-state index contributed by atoms with van der Waals surface area (Å²) >= 11 is 0. The summed E-state index contributed by atoms with van der Waals surface area (Å²) in [6.45, 7) is 4.58. The maximum Gasteiger partial charge on any atom is 0.437 e. The molecule has 3 rings (SSSR count). The minimum atomic E-state index is -5.09. The SMILES string of the molecule is CC(C)(C)OC(=O)N1CCC2(CC1)CCN(C(=O)OCc1ccccc1)C2(O)C(F)(F)F. The first-order valence-electron chi connectivity index (χ1n) is 10.5. The van der Waals surface area contributed by atoms with Gasteiger partial charge in [0.2, 0.25) is 5.72 Å². The summed E-state index contributed by atoms with van der Waals surface area (Å²) in [6, 6.07) is 8.57. The van der Waals surface area contributed by atoms with Crippen molar-refractivity contribution in [3.8, 4) is 0 Å². The summed E-state index contributed by atoms with van der Waals surface area (Å²) in [7, 11) is 0. The minimum Gasteiger partial charge on any atom is -0.444 e. The lowest BCUT2D eigenvalue weighted by atomic mass is 9.69. The number of benzene rings is 1. The van der Waals surface area contributed by atoms with E-state index in [1.165, 1.54) is 4.90 Å². The second kappa shape index (κ2) is 8.46. The average Bonchev–Trinajstić information content (AvgIpc) is 2.99. The van der Waals surface area contributed by atoms with Gasteiger partial charge in [-0.05, 0) is 45.6 Å². The van der Waals surface area contributed by atoms with Crippen LogP contribution < -0.4 is 0 Å². The van der Waals surface area contributed by atoms with Gasteiger partial charge < -0.3 is 19.5 Å². The van der Waals surface area contributed by atoms with Gasteiger partial charge >= 0.3 is 18.4 Å². The van der Waals surface area contributed by atoms with E-state index in [0.717, 1.165) is 0 Å². The Kier molecular flexibility index (Phi) is 6.38. The third-order valence-corrected chi connectivity index (χ3v) is 6.14. The summed E-state index contributed by atoms with van der Waals surface area (Å²) in [4.78, 5) is 26.6. The molecule has 1 spiro atoms. The Morgan fingerprint density at radius 2 is 1.56 bits per heavy atom. The van der Waals surface area contributed by atoms with Crippen LogP contribution in [0.2, 0.25) is 0 Å². The summed E-state index contributed by atoms with van der Waals surface area (Å²) in [5.41, 5.74) is -5.12. The second-order valence-corrected chi connectivity index (χ2v) is 9.36. The Balaban J connectivity index is 1.75. The molecule has 1 aromatic rings. The fourth-order valence-electron chi connectivity index (χ4n) is 4.46. The van der Waals surface area contributed by atoms with Gasteiger partial charge in [-0.1, -0.05) is 30.3 Å². The molecule has 0 saturated carbocycles. The number of alkyl halides is 3. The van der Waals surface area contributed by atoms with Crippen molar-refractivity contribution < 1.29 is 37.3 Å². The first kappa shape index (κ1) is 24.2. The molecule has 1 unspecified atom stereocenters. The molecule has 2 amide bonds. The maximum absolute atomic E-state index is 14.2. The van der Waals surface area contributed by atoms with E-state index in [0.29, 0.717) is 10.5 Å². The van der Waals surface area contributed by atoms with Gasteiger partial charge in [-0.25, -0.2) is 9.59 Å². The zero-order valence-electron chi connectivity index (χ0n) is 18.4. The molecule has 2 saturated heterocycles. The highest BCUT2D eigenvalue weighted by atomic mass is 19.4. The number of hydrogen-bond donors (Lipinski definition) is 1. The number of halogens is 3. The number of carbonyl (C=O) groups excluding carboxylic acids is 2. The number of hydrogen-bond acceptors (Lipinski definition) is 5. The largest absolute Gasteiger partial charge is 0.444 e. The number of likely N-dealkylation sites (tertiary alicyclic amines) is 2. The molecule has 178 valence electrons. The van der Waals surface area contributed by atoms with Gasteiger partial charge in [0.1, 0.15) is 12.2 Å². The summed E-state index contributed by atoms with van der Waals surface area (Å²) in [6.07, 6.45) is -7.22. The molecule has 7 nitrogen and oxygen atoms in total. The van der Waals surface area contributed by atoms with Gasteiger partial charge in [-0.2, -0.15) is 13.2 Å². The lowest BCUT2D eigenvalue weighted by molar-refractivity contribution is -0.337. The molecule has 0 aromatic heterocycles. The molecule has 2 heterocycles. The monoisotopic (exact) mass is 458 g/mol. The molecule has 0 bridgehead atoms. The summed E-state index contributed by atoms with van der Waals surface area (Å²) in [5.74, 6) is 0. The van der Waals surface area contributed by atoms with Gasteiger partial charge in [0, 0.05) is 25.0 Å². The van der Waals surface area contributed by atoms with Crippen molar-refractivity contribution in [2.24, 2.45) is 5.41 Å². The highest BCUT2D eigenvalue weighted by molar-refractivity contribution is 5.70. The molecule has 0 radical (unpaired) electrons. The summed E-state index contributed by atoms with van der Waals surface area (Å²) < 4.78 is 53.1. The first-order chi connectivity index (χ1) is 14.8. The molecule has 1 N–H and O–H groups in total. The zero-order valence-corrected chi connectivity index (χ0v) is 18.4. The summed E-state index contributed by atoms with van der Waals surface area (Å²) in [5, 5.41) is 11.0. The van der Waals surface area contributed by atoms with Crippen molar-refractivity contribution in [1.82, 2.24) is 9.80 Å². The Bertz CT molecular complexity index is 832. The molecule has 1 atom stereocenters. The van der Waals surface area contributed by atoms with E-state index in [9.17, 15) is 27.9 Å². The Hall–Kier alpha value is -2.49. The van der Waals surface area contributed by atoms with E-state index in [1.807, 2.05) is 0 Å². The van der Waals surface area contributed by atoms with Crippen LogP contribution in [0.15, 0.2) is 30.3 Å². The minimum absolute atomic E-state index is 0.0137. The van der Waals surface area contributed by atoms with Crippen LogP contribution in [0.4, 0.5) is 22.8 Å². The number of aliphatic hydroxyl groups is 1. The number of amides is 2. The topological polar surface area (TPSA) is 79.3 Å². The first-order valence-corrected chi connectivity index (χ1v) is 10.5. The number of rotatable bonds is 2. The predicted molar refractivity (Wildman–Crippen MR) is 108 cm³/mol. The van der Waals surface area contributed by atoms with Crippen LogP contribution in [0, 0.1) is 5.41 Å².